The van der Waals surface area contributed by atoms with Crippen LogP contribution in [0.1, 0.15) is 52.9 Å². The highest BCUT2D eigenvalue weighted by Crippen LogP contribution is 2.45. The minimum absolute atomic E-state index is 0.0771. The summed E-state index contributed by atoms with van der Waals surface area (Å²) >= 11 is 1.74. The first kappa shape index (κ1) is 18.1. The largest absolute Gasteiger partial charge is 0.481 e. The summed E-state index contributed by atoms with van der Waals surface area (Å²) in [5.41, 5.74) is 5.55. The van der Waals surface area contributed by atoms with Gasteiger partial charge in [0.2, 0.25) is 0 Å². The third-order valence-corrected chi connectivity index (χ3v) is 6.78. The summed E-state index contributed by atoms with van der Waals surface area (Å²) in [5.74, 6) is -1.52. The van der Waals surface area contributed by atoms with Gasteiger partial charge in [-0.15, -0.1) is 11.3 Å². The van der Waals surface area contributed by atoms with Crippen LogP contribution >= 0.6 is 11.3 Å². The van der Waals surface area contributed by atoms with E-state index in [9.17, 15) is 15.0 Å². The van der Waals surface area contributed by atoms with Gasteiger partial charge in [-0.3, -0.25) is 4.79 Å². The van der Waals surface area contributed by atoms with Crippen molar-refractivity contribution in [3.63, 3.8) is 0 Å². The number of carboxylic acids is 1. The first-order valence-corrected chi connectivity index (χ1v) is 10.2. The Balaban J connectivity index is 2.16. The van der Waals surface area contributed by atoms with Crippen LogP contribution in [0.5, 0.6) is 0 Å². The van der Waals surface area contributed by atoms with E-state index < -0.39 is 11.9 Å². The fraction of sp³-hybridized carbons (Fsp3) is 0.364. The van der Waals surface area contributed by atoms with Gasteiger partial charge in [0.05, 0.1) is 12.5 Å². The quantitative estimate of drug-likeness (QED) is 0.679. The molecule has 5 heteroatoms. The van der Waals surface area contributed by atoms with Crippen LogP contribution in [-0.4, -0.2) is 21.2 Å². The minimum atomic E-state index is -0.855. The molecule has 0 spiro atoms. The Labute approximate surface area is 162 Å². The van der Waals surface area contributed by atoms with Crippen molar-refractivity contribution in [1.29, 1.82) is 0 Å². The Morgan fingerprint density at radius 1 is 1.26 bits per heavy atom. The van der Waals surface area contributed by atoms with Gasteiger partial charge in [-0.05, 0) is 67.3 Å². The monoisotopic (exact) mass is 381 g/mol. The van der Waals surface area contributed by atoms with Crippen LogP contribution in [0, 0.1) is 6.92 Å². The molecule has 3 aromatic rings. The Hall–Kier alpha value is -2.24. The SMILES string of the molecule is Cc1nc2sc3c(c2c(-c2ccccc2CO)c1C(C)C(=O)O)CCCC3. The number of hydrogen-bond acceptors (Lipinski definition) is 4. The number of carboxylic acid groups (broad SMARTS) is 1. The van der Waals surface area contributed by atoms with Crippen molar-refractivity contribution >= 4 is 27.5 Å². The van der Waals surface area contributed by atoms with Crippen molar-refractivity contribution in [2.45, 2.75) is 52.1 Å². The van der Waals surface area contributed by atoms with Crippen LogP contribution in [0.3, 0.4) is 0 Å². The van der Waals surface area contributed by atoms with Gasteiger partial charge in [-0.25, -0.2) is 4.98 Å². The van der Waals surface area contributed by atoms with Gasteiger partial charge in [0.1, 0.15) is 4.83 Å². The molecule has 0 bridgehead atoms. The van der Waals surface area contributed by atoms with Crippen molar-refractivity contribution in [3.05, 3.63) is 51.5 Å². The van der Waals surface area contributed by atoms with Crippen LogP contribution in [0.25, 0.3) is 21.3 Å². The fourth-order valence-corrected chi connectivity index (χ4v) is 5.57. The Morgan fingerprint density at radius 3 is 2.74 bits per heavy atom. The number of aliphatic hydroxyl groups is 1. The highest BCUT2D eigenvalue weighted by Gasteiger charge is 2.28. The third-order valence-electron chi connectivity index (χ3n) is 5.59. The number of carbonyl (C=O) groups is 1. The van der Waals surface area contributed by atoms with E-state index in [4.69, 9.17) is 4.98 Å². The summed E-state index contributed by atoms with van der Waals surface area (Å²) in [6.45, 7) is 3.55. The predicted octanol–water partition coefficient (Wildman–Crippen LogP) is 4.83. The number of pyridine rings is 1. The van der Waals surface area contributed by atoms with Gasteiger partial charge in [-0.1, -0.05) is 24.3 Å². The molecule has 1 aliphatic rings. The van der Waals surface area contributed by atoms with E-state index in [-0.39, 0.29) is 6.61 Å². The number of aryl methyl sites for hydroxylation is 3. The Morgan fingerprint density at radius 2 is 2.00 bits per heavy atom. The van der Waals surface area contributed by atoms with Crippen molar-refractivity contribution < 1.29 is 15.0 Å². The molecule has 2 aromatic heterocycles. The summed E-state index contributed by atoms with van der Waals surface area (Å²) in [6.07, 6.45) is 4.42. The molecular formula is C22H23NO3S. The van der Waals surface area contributed by atoms with Crippen molar-refractivity contribution in [1.82, 2.24) is 4.98 Å². The van der Waals surface area contributed by atoms with Gasteiger partial charge in [0, 0.05) is 16.0 Å². The zero-order chi connectivity index (χ0) is 19.1. The van der Waals surface area contributed by atoms with Gasteiger partial charge in [0.15, 0.2) is 0 Å². The maximum absolute atomic E-state index is 11.9. The lowest BCUT2D eigenvalue weighted by Gasteiger charge is -2.20. The maximum Gasteiger partial charge on any atom is 0.310 e. The van der Waals surface area contributed by atoms with E-state index in [2.05, 4.69) is 0 Å². The van der Waals surface area contributed by atoms with Crippen LogP contribution in [0.2, 0.25) is 0 Å². The number of benzene rings is 1. The molecule has 1 unspecified atom stereocenters. The average molecular weight is 381 g/mol. The highest BCUT2D eigenvalue weighted by atomic mass is 32.1. The highest BCUT2D eigenvalue weighted by molar-refractivity contribution is 7.19. The Kier molecular flexibility index (Phi) is 4.74. The normalized spacial score (nSPS) is 14.9. The molecule has 2 heterocycles. The van der Waals surface area contributed by atoms with E-state index >= 15 is 0 Å². The molecule has 1 atom stereocenters. The van der Waals surface area contributed by atoms with E-state index in [0.29, 0.717) is 0 Å². The zero-order valence-corrected chi connectivity index (χ0v) is 16.4. The average Bonchev–Trinajstić information content (AvgIpc) is 3.04. The molecule has 0 aliphatic heterocycles. The lowest BCUT2D eigenvalue weighted by Crippen LogP contribution is -2.12. The lowest BCUT2D eigenvalue weighted by atomic mass is 9.84. The van der Waals surface area contributed by atoms with Crippen molar-refractivity contribution in [3.8, 4) is 11.1 Å². The van der Waals surface area contributed by atoms with Crippen molar-refractivity contribution in [2.75, 3.05) is 0 Å². The first-order chi connectivity index (χ1) is 13.0. The number of aromatic nitrogens is 1. The number of hydrogen-bond donors (Lipinski definition) is 2. The molecule has 0 saturated heterocycles. The number of aliphatic hydroxyl groups excluding tert-OH is 1. The first-order valence-electron chi connectivity index (χ1n) is 9.39. The second-order valence-electron chi connectivity index (χ2n) is 7.25. The summed E-state index contributed by atoms with van der Waals surface area (Å²) in [6, 6.07) is 7.75. The minimum Gasteiger partial charge on any atom is -0.481 e. The topological polar surface area (TPSA) is 70.4 Å². The maximum atomic E-state index is 11.9. The Bertz CT molecular complexity index is 1040. The van der Waals surface area contributed by atoms with Crippen LogP contribution in [-0.2, 0) is 24.2 Å². The molecular weight excluding hydrogens is 358 g/mol. The number of aliphatic carboxylic acids is 1. The van der Waals surface area contributed by atoms with Gasteiger partial charge >= 0.3 is 5.97 Å². The number of fused-ring (bicyclic) bond motifs is 3. The molecule has 1 aromatic carbocycles. The lowest BCUT2D eigenvalue weighted by molar-refractivity contribution is -0.138. The number of rotatable bonds is 4. The molecule has 0 amide bonds. The molecule has 4 rings (SSSR count). The standard InChI is InChI=1S/C22H23NO3S/c1-12(22(25)26)18-13(2)23-21-20(16-9-5-6-10-17(16)27-21)19(18)15-8-4-3-7-14(15)11-24/h3-4,7-8,12,24H,5-6,9-11H2,1-2H3,(H,25,26). The number of nitrogens with zero attached hydrogens (tertiary/aromatic N) is 1. The predicted molar refractivity (Wildman–Crippen MR) is 108 cm³/mol. The van der Waals surface area contributed by atoms with Gasteiger partial charge in [0.25, 0.3) is 0 Å². The van der Waals surface area contributed by atoms with Gasteiger partial charge < -0.3 is 10.2 Å². The molecule has 1 aliphatic carbocycles. The second kappa shape index (κ2) is 7.06. The second-order valence-corrected chi connectivity index (χ2v) is 8.34. The van der Waals surface area contributed by atoms with Crippen molar-refractivity contribution in [2.24, 2.45) is 0 Å². The summed E-state index contributed by atoms with van der Waals surface area (Å²) in [4.78, 5) is 19.1. The summed E-state index contributed by atoms with van der Waals surface area (Å²) in [5, 5.41) is 20.8. The van der Waals surface area contributed by atoms with Crippen LogP contribution in [0.4, 0.5) is 0 Å². The third kappa shape index (κ3) is 2.95. The summed E-state index contributed by atoms with van der Waals surface area (Å²) < 4.78 is 0. The van der Waals surface area contributed by atoms with E-state index in [1.54, 1.807) is 18.3 Å². The van der Waals surface area contributed by atoms with Crippen LogP contribution < -0.4 is 0 Å². The number of thiophene rings is 1. The molecule has 0 saturated carbocycles. The molecule has 27 heavy (non-hydrogen) atoms. The smallest absolute Gasteiger partial charge is 0.310 e. The van der Waals surface area contributed by atoms with Crippen LogP contribution in [0.15, 0.2) is 24.3 Å². The molecule has 2 N–H and O–H groups in total. The molecule has 0 fully saturated rings. The van der Waals surface area contributed by atoms with E-state index in [0.717, 1.165) is 57.4 Å². The molecule has 140 valence electrons. The molecule has 4 nitrogen and oxygen atoms in total. The fourth-order valence-electron chi connectivity index (χ4n) is 4.25. The van der Waals surface area contributed by atoms with E-state index in [1.807, 2.05) is 31.2 Å². The summed E-state index contributed by atoms with van der Waals surface area (Å²) in [7, 11) is 0. The zero-order valence-electron chi connectivity index (χ0n) is 15.6. The van der Waals surface area contributed by atoms with E-state index in [1.165, 1.54) is 16.9 Å². The van der Waals surface area contributed by atoms with Gasteiger partial charge in [-0.2, -0.15) is 0 Å². The molecule has 0 radical (unpaired) electrons.